The average molecular weight is 394 g/mol. The minimum atomic E-state index is -1.15. The SMILES string of the molecule is COC(=O)c1c(NC(=O)COC(=O)[C@@]2(C)CC2(Cl)Cl)sc(C)c1C. The molecule has 1 atom stereocenters. The summed E-state index contributed by atoms with van der Waals surface area (Å²) in [5.74, 6) is -1.73. The molecule has 1 N–H and O–H groups in total. The molecule has 6 nitrogen and oxygen atoms in total. The van der Waals surface area contributed by atoms with Gasteiger partial charge < -0.3 is 14.8 Å². The van der Waals surface area contributed by atoms with Gasteiger partial charge in [0.15, 0.2) is 6.61 Å². The van der Waals surface area contributed by atoms with Gasteiger partial charge in [0.25, 0.3) is 5.91 Å². The maximum atomic E-state index is 12.0. The summed E-state index contributed by atoms with van der Waals surface area (Å²) in [6.07, 6.45) is 0.277. The minimum absolute atomic E-state index is 0.277. The second-order valence-electron chi connectivity index (χ2n) is 5.82. The highest BCUT2D eigenvalue weighted by atomic mass is 35.5. The van der Waals surface area contributed by atoms with Crippen LogP contribution < -0.4 is 5.32 Å². The lowest BCUT2D eigenvalue weighted by atomic mass is 10.1. The van der Waals surface area contributed by atoms with Crippen LogP contribution in [0.25, 0.3) is 0 Å². The topological polar surface area (TPSA) is 81.7 Å². The summed E-state index contributed by atoms with van der Waals surface area (Å²) in [4.78, 5) is 36.7. The Hall–Kier alpha value is -1.31. The van der Waals surface area contributed by atoms with Crippen LogP contribution in [0.2, 0.25) is 0 Å². The van der Waals surface area contributed by atoms with Gasteiger partial charge in [-0.2, -0.15) is 0 Å². The summed E-state index contributed by atoms with van der Waals surface area (Å²) in [7, 11) is 1.27. The molecule has 0 aliphatic heterocycles. The van der Waals surface area contributed by atoms with Crippen molar-refractivity contribution in [3.63, 3.8) is 0 Å². The maximum absolute atomic E-state index is 12.0. The number of halogens is 2. The number of thiophene rings is 1. The van der Waals surface area contributed by atoms with Gasteiger partial charge in [0, 0.05) is 11.3 Å². The standard InChI is InChI=1S/C15H17Cl2NO5S/c1-7-8(2)24-11(10(7)12(20)22-4)18-9(19)5-23-13(21)14(3)6-15(14,16)17/h5-6H2,1-4H3,(H,18,19)/t14-/m1/s1. The third kappa shape index (κ3) is 3.38. The minimum Gasteiger partial charge on any atom is -0.465 e. The number of hydrogen-bond donors (Lipinski definition) is 1. The van der Waals surface area contributed by atoms with E-state index < -0.39 is 34.2 Å². The van der Waals surface area contributed by atoms with Crippen molar-refractivity contribution in [1.29, 1.82) is 0 Å². The highest BCUT2D eigenvalue weighted by Crippen LogP contribution is 2.64. The summed E-state index contributed by atoms with van der Waals surface area (Å²) in [5.41, 5.74) is 0.0389. The second-order valence-corrected chi connectivity index (χ2v) is 8.53. The van der Waals surface area contributed by atoms with Crippen molar-refractivity contribution in [2.75, 3.05) is 19.0 Å². The largest absolute Gasteiger partial charge is 0.465 e. The molecule has 0 aromatic carbocycles. The van der Waals surface area contributed by atoms with E-state index in [1.807, 2.05) is 6.92 Å². The smallest absolute Gasteiger partial charge is 0.341 e. The Kier molecular flexibility index (Phi) is 5.18. The Balaban J connectivity index is 2.00. The van der Waals surface area contributed by atoms with Crippen molar-refractivity contribution in [3.8, 4) is 0 Å². The molecule has 24 heavy (non-hydrogen) atoms. The molecule has 1 aromatic rings. The fraction of sp³-hybridized carbons (Fsp3) is 0.533. The van der Waals surface area contributed by atoms with Gasteiger partial charge in [0.1, 0.15) is 14.7 Å². The van der Waals surface area contributed by atoms with E-state index in [0.717, 1.165) is 10.4 Å². The van der Waals surface area contributed by atoms with Crippen LogP contribution in [0.4, 0.5) is 5.00 Å². The van der Waals surface area contributed by atoms with Crippen molar-refractivity contribution in [3.05, 3.63) is 16.0 Å². The predicted octanol–water partition coefficient (Wildman–Crippen LogP) is 3.22. The number of nitrogens with one attached hydrogen (secondary N) is 1. The van der Waals surface area contributed by atoms with Gasteiger partial charge in [-0.15, -0.1) is 34.5 Å². The highest BCUT2D eigenvalue weighted by molar-refractivity contribution is 7.16. The summed E-state index contributed by atoms with van der Waals surface area (Å²) in [6.45, 7) is 4.68. The van der Waals surface area contributed by atoms with Crippen LogP contribution in [-0.2, 0) is 19.1 Å². The molecule has 0 bridgehead atoms. The number of hydrogen-bond acceptors (Lipinski definition) is 6. The second kappa shape index (κ2) is 6.54. The molecule has 1 aliphatic rings. The van der Waals surface area contributed by atoms with Gasteiger partial charge in [-0.25, -0.2) is 4.79 Å². The molecule has 1 aliphatic carbocycles. The van der Waals surface area contributed by atoms with Gasteiger partial charge in [-0.1, -0.05) is 0 Å². The van der Waals surface area contributed by atoms with E-state index in [-0.39, 0.29) is 6.42 Å². The van der Waals surface area contributed by atoms with E-state index in [1.54, 1.807) is 13.8 Å². The molecule has 1 aromatic heterocycles. The predicted molar refractivity (Wildman–Crippen MR) is 91.9 cm³/mol. The lowest BCUT2D eigenvalue weighted by molar-refractivity contribution is -0.152. The van der Waals surface area contributed by atoms with Crippen LogP contribution in [0.15, 0.2) is 0 Å². The number of rotatable bonds is 5. The van der Waals surface area contributed by atoms with E-state index in [2.05, 4.69) is 5.32 Å². The third-order valence-electron chi connectivity index (χ3n) is 4.07. The summed E-state index contributed by atoms with van der Waals surface area (Å²) < 4.78 is 8.55. The normalized spacial score (nSPS) is 21.1. The van der Waals surface area contributed by atoms with Crippen LogP contribution >= 0.6 is 34.5 Å². The van der Waals surface area contributed by atoms with Crippen molar-refractivity contribution >= 4 is 57.4 Å². The molecular weight excluding hydrogens is 377 g/mol. The molecule has 1 saturated carbocycles. The average Bonchev–Trinajstić information content (AvgIpc) is 2.90. The van der Waals surface area contributed by atoms with E-state index >= 15 is 0 Å². The van der Waals surface area contributed by atoms with E-state index in [1.165, 1.54) is 18.4 Å². The van der Waals surface area contributed by atoms with Gasteiger partial charge in [-0.05, 0) is 26.3 Å². The molecule has 1 fully saturated rings. The van der Waals surface area contributed by atoms with Gasteiger partial charge in [0.05, 0.1) is 12.7 Å². The van der Waals surface area contributed by atoms with Crippen LogP contribution in [0.5, 0.6) is 0 Å². The third-order valence-corrected chi connectivity index (χ3v) is 6.29. The number of aryl methyl sites for hydroxylation is 1. The Morgan fingerprint density at radius 1 is 1.29 bits per heavy atom. The van der Waals surface area contributed by atoms with Crippen molar-refractivity contribution in [1.82, 2.24) is 0 Å². The van der Waals surface area contributed by atoms with Crippen LogP contribution in [0.3, 0.4) is 0 Å². The number of ether oxygens (including phenoxy) is 2. The van der Waals surface area contributed by atoms with Gasteiger partial charge in [0.2, 0.25) is 0 Å². The fourth-order valence-electron chi connectivity index (χ4n) is 2.14. The number of alkyl halides is 2. The molecule has 1 amide bonds. The molecule has 0 spiro atoms. The van der Waals surface area contributed by atoms with Crippen LogP contribution in [0.1, 0.15) is 34.1 Å². The summed E-state index contributed by atoms with van der Waals surface area (Å²) >= 11 is 13.0. The quantitative estimate of drug-likeness (QED) is 0.613. The molecule has 0 unspecified atom stereocenters. The van der Waals surface area contributed by atoms with Crippen molar-refractivity contribution in [2.24, 2.45) is 5.41 Å². The van der Waals surface area contributed by atoms with E-state index in [0.29, 0.717) is 10.6 Å². The fourth-order valence-corrected chi connectivity index (χ4v) is 3.89. The Bertz CT molecular complexity index is 715. The summed E-state index contributed by atoms with van der Waals surface area (Å²) in [6, 6.07) is 0. The first-order valence-corrected chi connectivity index (χ1v) is 8.64. The molecular formula is C15H17Cl2NO5S. The van der Waals surface area contributed by atoms with E-state index in [9.17, 15) is 14.4 Å². The monoisotopic (exact) mass is 393 g/mol. The first-order valence-electron chi connectivity index (χ1n) is 7.06. The number of methoxy groups -OCH3 is 1. The van der Waals surface area contributed by atoms with Gasteiger partial charge in [-0.3, -0.25) is 9.59 Å². The molecule has 132 valence electrons. The number of carbonyl (C=O) groups excluding carboxylic acids is 3. The van der Waals surface area contributed by atoms with Crippen LogP contribution in [0, 0.1) is 19.3 Å². The maximum Gasteiger partial charge on any atom is 0.341 e. The molecule has 2 rings (SSSR count). The number of carbonyl (C=O) groups is 3. The van der Waals surface area contributed by atoms with Crippen molar-refractivity contribution < 1.29 is 23.9 Å². The van der Waals surface area contributed by atoms with Crippen LogP contribution in [-0.4, -0.2) is 35.9 Å². The molecule has 1 heterocycles. The molecule has 0 saturated heterocycles. The zero-order chi connectivity index (χ0) is 18.3. The lowest BCUT2D eigenvalue weighted by Gasteiger charge is -2.11. The zero-order valence-corrected chi connectivity index (χ0v) is 15.9. The Morgan fingerprint density at radius 2 is 1.88 bits per heavy atom. The van der Waals surface area contributed by atoms with Crippen molar-refractivity contribution in [2.45, 2.75) is 31.5 Å². The summed E-state index contributed by atoms with van der Waals surface area (Å²) in [5, 5.41) is 2.93. The van der Waals surface area contributed by atoms with Gasteiger partial charge >= 0.3 is 11.9 Å². The molecule has 9 heteroatoms. The number of esters is 2. The molecule has 0 radical (unpaired) electrons. The highest BCUT2D eigenvalue weighted by Gasteiger charge is 2.69. The van der Waals surface area contributed by atoms with E-state index in [4.69, 9.17) is 32.7 Å². The lowest BCUT2D eigenvalue weighted by Crippen LogP contribution is -2.27. The Morgan fingerprint density at radius 3 is 2.38 bits per heavy atom. The Labute approximate surface area is 153 Å². The number of amides is 1. The number of anilines is 1. The first-order chi connectivity index (χ1) is 11.0. The zero-order valence-electron chi connectivity index (χ0n) is 13.6. The first kappa shape index (κ1) is 19.0.